The smallest absolute Gasteiger partial charge is 0.425 e. The van der Waals surface area contributed by atoms with Crippen molar-refractivity contribution in [2.45, 2.75) is 51.9 Å². The van der Waals surface area contributed by atoms with Crippen molar-refractivity contribution in [1.29, 1.82) is 0 Å². The molecule has 3 rings (SSSR count). The highest BCUT2D eigenvalue weighted by Crippen LogP contribution is 2.30. The number of Topliss-reactive ketones (excluding diaryl/α,β-unsaturated/α-hetero) is 1. The van der Waals surface area contributed by atoms with Gasteiger partial charge in [-0.3, -0.25) is 9.59 Å². The molecule has 0 bridgehead atoms. The number of aromatic nitrogens is 3. The van der Waals surface area contributed by atoms with Gasteiger partial charge < -0.3 is 10.1 Å². The van der Waals surface area contributed by atoms with Crippen molar-refractivity contribution in [3.8, 4) is 5.88 Å². The van der Waals surface area contributed by atoms with E-state index < -0.39 is 18.2 Å². The van der Waals surface area contributed by atoms with Crippen LogP contribution in [0.5, 0.6) is 5.88 Å². The molecule has 1 fully saturated rings. The van der Waals surface area contributed by atoms with Gasteiger partial charge in [-0.25, -0.2) is 15.0 Å². The second-order valence-corrected chi connectivity index (χ2v) is 7.22. The number of nitrogens with one attached hydrogen (secondary N) is 1. The number of hydrogen-bond acceptors (Lipinski definition) is 6. The quantitative estimate of drug-likeness (QED) is 0.703. The SMILES string of the molecule is Cc1cc(C(=O)NCc2ccc(O[C@H](C)C(F)(F)F)nc2)nc(CC(=O)C2CC2)n1. The molecule has 10 heteroatoms. The van der Waals surface area contributed by atoms with E-state index in [1.165, 1.54) is 24.4 Å². The number of carbonyl (C=O) groups excluding carboxylic acids is 2. The maximum atomic E-state index is 12.5. The van der Waals surface area contributed by atoms with Gasteiger partial charge >= 0.3 is 6.18 Å². The first-order valence-corrected chi connectivity index (χ1v) is 9.45. The van der Waals surface area contributed by atoms with E-state index in [1.807, 2.05) is 0 Å². The molecule has 0 aromatic carbocycles. The Balaban J connectivity index is 1.57. The van der Waals surface area contributed by atoms with E-state index in [4.69, 9.17) is 4.74 Å². The zero-order chi connectivity index (χ0) is 21.9. The molecule has 0 aliphatic heterocycles. The molecule has 1 amide bonds. The molecule has 1 atom stereocenters. The molecular formula is C20H21F3N4O3. The third-order valence-electron chi connectivity index (χ3n) is 4.51. The van der Waals surface area contributed by atoms with Crippen molar-refractivity contribution in [3.05, 3.63) is 47.2 Å². The number of pyridine rings is 1. The van der Waals surface area contributed by atoms with Crippen LogP contribution >= 0.6 is 0 Å². The summed E-state index contributed by atoms with van der Waals surface area (Å²) in [5.74, 6) is -0.123. The number of carbonyl (C=O) groups is 2. The summed E-state index contributed by atoms with van der Waals surface area (Å²) in [5, 5.41) is 2.67. The first-order chi connectivity index (χ1) is 14.1. The van der Waals surface area contributed by atoms with Crippen LogP contribution in [-0.2, 0) is 17.8 Å². The molecule has 1 N–H and O–H groups in total. The van der Waals surface area contributed by atoms with Crippen LogP contribution in [0.2, 0.25) is 0 Å². The summed E-state index contributed by atoms with van der Waals surface area (Å²) in [7, 11) is 0. The number of hydrogen-bond donors (Lipinski definition) is 1. The van der Waals surface area contributed by atoms with Gasteiger partial charge in [-0.05, 0) is 38.3 Å². The van der Waals surface area contributed by atoms with E-state index >= 15 is 0 Å². The van der Waals surface area contributed by atoms with E-state index in [9.17, 15) is 22.8 Å². The maximum Gasteiger partial charge on any atom is 0.425 e. The van der Waals surface area contributed by atoms with Crippen LogP contribution in [0.25, 0.3) is 0 Å². The van der Waals surface area contributed by atoms with E-state index in [1.54, 1.807) is 6.92 Å². The molecule has 0 spiro atoms. The Morgan fingerprint density at radius 3 is 2.60 bits per heavy atom. The fourth-order valence-electron chi connectivity index (χ4n) is 2.64. The molecule has 2 heterocycles. The van der Waals surface area contributed by atoms with Crippen LogP contribution in [0.4, 0.5) is 13.2 Å². The molecule has 1 aliphatic carbocycles. The Morgan fingerprint density at radius 1 is 1.27 bits per heavy atom. The molecule has 1 aliphatic rings. The van der Waals surface area contributed by atoms with Gasteiger partial charge in [0, 0.05) is 30.4 Å². The summed E-state index contributed by atoms with van der Waals surface area (Å²) in [4.78, 5) is 36.6. The van der Waals surface area contributed by atoms with Crippen molar-refractivity contribution in [2.75, 3.05) is 0 Å². The van der Waals surface area contributed by atoms with Gasteiger partial charge in [-0.1, -0.05) is 6.07 Å². The number of amides is 1. The Bertz CT molecular complexity index is 928. The molecule has 0 radical (unpaired) electrons. The first-order valence-electron chi connectivity index (χ1n) is 9.45. The molecule has 2 aromatic heterocycles. The minimum absolute atomic E-state index is 0.0835. The van der Waals surface area contributed by atoms with Gasteiger partial charge in [0.2, 0.25) is 5.88 Å². The third kappa shape index (κ3) is 5.98. The average Bonchev–Trinajstić information content (AvgIpc) is 3.51. The van der Waals surface area contributed by atoms with Crippen LogP contribution in [0.1, 0.15) is 47.3 Å². The van der Waals surface area contributed by atoms with Gasteiger partial charge in [-0.15, -0.1) is 0 Å². The Hall–Kier alpha value is -3.04. The largest absolute Gasteiger partial charge is 0.465 e. The average molecular weight is 422 g/mol. The Kier molecular flexibility index (Phi) is 6.33. The lowest BCUT2D eigenvalue weighted by Gasteiger charge is -2.16. The van der Waals surface area contributed by atoms with Crippen molar-refractivity contribution in [3.63, 3.8) is 0 Å². The van der Waals surface area contributed by atoms with Crippen LogP contribution in [0.15, 0.2) is 24.4 Å². The zero-order valence-electron chi connectivity index (χ0n) is 16.5. The molecule has 1 saturated carbocycles. The Labute approximate surface area is 171 Å². The van der Waals surface area contributed by atoms with Crippen molar-refractivity contribution in [2.24, 2.45) is 5.92 Å². The zero-order valence-corrected chi connectivity index (χ0v) is 16.5. The maximum absolute atomic E-state index is 12.5. The summed E-state index contributed by atoms with van der Waals surface area (Å²) in [6.07, 6.45) is -3.24. The summed E-state index contributed by atoms with van der Waals surface area (Å²) in [6.45, 7) is 2.71. The Morgan fingerprint density at radius 2 is 2.00 bits per heavy atom. The van der Waals surface area contributed by atoms with E-state index in [0.717, 1.165) is 19.8 Å². The van der Waals surface area contributed by atoms with E-state index in [2.05, 4.69) is 20.3 Å². The lowest BCUT2D eigenvalue weighted by atomic mass is 10.2. The number of ether oxygens (including phenoxy) is 1. The minimum atomic E-state index is -4.48. The standard InChI is InChI=1S/C20H21F3N4O3/c1-11-7-15(27-17(26-11)8-16(28)14-4-5-14)19(29)25-10-13-3-6-18(24-9-13)30-12(2)20(21,22)23/h3,6-7,9,12,14H,4-5,8,10H2,1-2H3,(H,25,29)/t12-/m1/s1. The van der Waals surface area contributed by atoms with Crippen molar-refractivity contribution >= 4 is 11.7 Å². The lowest BCUT2D eigenvalue weighted by molar-refractivity contribution is -0.189. The van der Waals surface area contributed by atoms with Gasteiger partial charge in [0.1, 0.15) is 17.3 Å². The van der Waals surface area contributed by atoms with Gasteiger partial charge in [0.15, 0.2) is 6.10 Å². The second kappa shape index (κ2) is 8.76. The molecular weight excluding hydrogens is 401 g/mol. The van der Waals surface area contributed by atoms with Crippen LogP contribution in [0, 0.1) is 12.8 Å². The summed E-state index contributed by atoms with van der Waals surface area (Å²) >= 11 is 0. The van der Waals surface area contributed by atoms with Gasteiger partial charge in [-0.2, -0.15) is 13.2 Å². The van der Waals surface area contributed by atoms with Crippen LogP contribution in [0.3, 0.4) is 0 Å². The summed E-state index contributed by atoms with van der Waals surface area (Å²) in [6, 6.07) is 4.34. The van der Waals surface area contributed by atoms with E-state index in [-0.39, 0.29) is 36.2 Å². The molecule has 160 valence electrons. The van der Waals surface area contributed by atoms with Crippen molar-refractivity contribution < 1.29 is 27.5 Å². The van der Waals surface area contributed by atoms with Crippen LogP contribution in [-0.4, -0.2) is 38.9 Å². The molecule has 7 nitrogen and oxygen atoms in total. The topological polar surface area (TPSA) is 94.1 Å². The summed E-state index contributed by atoms with van der Waals surface area (Å²) in [5.41, 5.74) is 1.30. The molecule has 0 saturated heterocycles. The molecule has 2 aromatic rings. The van der Waals surface area contributed by atoms with E-state index in [0.29, 0.717) is 17.1 Å². The number of aryl methyl sites for hydroxylation is 1. The van der Waals surface area contributed by atoms with Gasteiger partial charge in [0.25, 0.3) is 5.91 Å². The number of halogens is 3. The predicted molar refractivity (Wildman–Crippen MR) is 99.8 cm³/mol. The number of alkyl halides is 3. The number of nitrogens with zero attached hydrogens (tertiary/aromatic N) is 3. The van der Waals surface area contributed by atoms with Crippen molar-refractivity contribution in [1.82, 2.24) is 20.3 Å². The fourth-order valence-corrected chi connectivity index (χ4v) is 2.64. The third-order valence-corrected chi connectivity index (χ3v) is 4.51. The highest BCUT2D eigenvalue weighted by molar-refractivity contribution is 5.92. The highest BCUT2D eigenvalue weighted by Gasteiger charge is 2.38. The normalized spacial score (nSPS) is 14.8. The minimum Gasteiger partial charge on any atom is -0.465 e. The fraction of sp³-hybridized carbons (Fsp3) is 0.450. The second-order valence-electron chi connectivity index (χ2n) is 7.22. The number of ketones is 1. The predicted octanol–water partition coefficient (Wildman–Crippen LogP) is 2.96. The highest BCUT2D eigenvalue weighted by atomic mass is 19.4. The first kappa shape index (κ1) is 21.7. The lowest BCUT2D eigenvalue weighted by Crippen LogP contribution is -2.31. The molecule has 30 heavy (non-hydrogen) atoms. The van der Waals surface area contributed by atoms with Crippen LogP contribution < -0.4 is 10.1 Å². The summed E-state index contributed by atoms with van der Waals surface area (Å²) < 4.78 is 42.3. The van der Waals surface area contributed by atoms with Gasteiger partial charge in [0.05, 0.1) is 6.42 Å². The number of rotatable bonds is 8. The monoisotopic (exact) mass is 422 g/mol. The molecule has 0 unspecified atom stereocenters.